The topological polar surface area (TPSA) is 101 Å². The van der Waals surface area contributed by atoms with Gasteiger partial charge in [0.15, 0.2) is 0 Å². The quantitative estimate of drug-likeness (QED) is 0.344. The average molecular weight is 597 g/mol. The second kappa shape index (κ2) is 10.8. The van der Waals surface area contributed by atoms with E-state index < -0.39 is 29.7 Å². The third-order valence-corrected chi connectivity index (χ3v) is 9.99. The predicted octanol–water partition coefficient (Wildman–Crippen LogP) is 5.27. The maximum atomic E-state index is 14.5. The molecular formula is C33H32N4O5S. The number of amides is 3. The minimum atomic E-state index is -0.931. The van der Waals surface area contributed by atoms with Crippen LogP contribution in [-0.4, -0.2) is 64.5 Å². The number of anilines is 1. The van der Waals surface area contributed by atoms with Crippen LogP contribution in [0.15, 0.2) is 78.9 Å². The number of para-hydroxylation sites is 2. The van der Waals surface area contributed by atoms with Crippen LogP contribution >= 0.6 is 11.3 Å². The summed E-state index contributed by atoms with van der Waals surface area (Å²) >= 11 is 1.55. The van der Waals surface area contributed by atoms with Crippen molar-refractivity contribution in [2.45, 2.75) is 56.1 Å². The fourth-order valence-electron chi connectivity index (χ4n) is 6.69. The molecule has 3 aliphatic heterocycles. The van der Waals surface area contributed by atoms with Crippen LogP contribution in [0, 0.1) is 0 Å². The molecule has 2 fully saturated rings. The van der Waals surface area contributed by atoms with E-state index in [1.54, 1.807) is 23.3 Å². The monoisotopic (exact) mass is 596 g/mol. The van der Waals surface area contributed by atoms with E-state index in [1.165, 1.54) is 4.90 Å². The molecule has 2 saturated heterocycles. The number of ether oxygens (including phenoxy) is 2. The third kappa shape index (κ3) is 4.74. The Bertz CT molecular complexity index is 1680. The molecule has 4 heterocycles. The summed E-state index contributed by atoms with van der Waals surface area (Å²) in [4.78, 5) is 49.5. The number of nitrogens with one attached hydrogen (secondary N) is 1. The van der Waals surface area contributed by atoms with Crippen molar-refractivity contribution in [1.29, 1.82) is 0 Å². The molecule has 10 heteroatoms. The van der Waals surface area contributed by atoms with Crippen LogP contribution < -0.4 is 5.32 Å². The van der Waals surface area contributed by atoms with Gasteiger partial charge in [-0.15, -0.1) is 11.3 Å². The largest absolute Gasteiger partial charge is 0.445 e. The maximum Gasteiger partial charge on any atom is 0.410 e. The molecule has 1 aromatic heterocycles. The summed E-state index contributed by atoms with van der Waals surface area (Å²) in [7, 11) is 1.59. The van der Waals surface area contributed by atoms with E-state index in [9.17, 15) is 14.4 Å². The van der Waals surface area contributed by atoms with E-state index in [2.05, 4.69) is 5.32 Å². The van der Waals surface area contributed by atoms with E-state index >= 15 is 0 Å². The van der Waals surface area contributed by atoms with E-state index in [0.29, 0.717) is 6.42 Å². The van der Waals surface area contributed by atoms with Crippen molar-refractivity contribution in [2.24, 2.45) is 0 Å². The summed E-state index contributed by atoms with van der Waals surface area (Å²) in [5.41, 5.74) is 2.44. The van der Waals surface area contributed by atoms with E-state index in [-0.39, 0.29) is 37.5 Å². The lowest BCUT2D eigenvalue weighted by Gasteiger charge is -2.40. The highest BCUT2D eigenvalue weighted by Crippen LogP contribution is 2.51. The number of hydrogen-bond donors (Lipinski definition) is 1. The van der Waals surface area contributed by atoms with Gasteiger partial charge in [-0.1, -0.05) is 60.7 Å². The molecule has 9 nitrogen and oxygen atoms in total. The van der Waals surface area contributed by atoms with E-state index in [4.69, 9.17) is 14.5 Å². The summed E-state index contributed by atoms with van der Waals surface area (Å²) < 4.78 is 13.4. The number of benzene rings is 3. The summed E-state index contributed by atoms with van der Waals surface area (Å²) in [6, 6.07) is 23.7. The van der Waals surface area contributed by atoms with Crippen LogP contribution in [0.2, 0.25) is 0 Å². The molecule has 220 valence electrons. The highest BCUT2D eigenvalue weighted by atomic mass is 32.1. The minimum absolute atomic E-state index is 0.100. The van der Waals surface area contributed by atoms with Crippen molar-refractivity contribution in [3.05, 3.63) is 95.0 Å². The lowest BCUT2D eigenvalue weighted by atomic mass is 9.79. The van der Waals surface area contributed by atoms with Crippen molar-refractivity contribution >= 4 is 45.1 Å². The van der Waals surface area contributed by atoms with Gasteiger partial charge >= 0.3 is 6.09 Å². The number of likely N-dealkylation sites (N-methyl/N-ethyl adjacent to an activating group) is 1. The highest BCUT2D eigenvalue weighted by molar-refractivity contribution is 7.18. The molecule has 2 unspecified atom stereocenters. The van der Waals surface area contributed by atoms with Crippen molar-refractivity contribution in [1.82, 2.24) is 14.8 Å². The zero-order valence-electron chi connectivity index (χ0n) is 23.9. The van der Waals surface area contributed by atoms with Gasteiger partial charge < -0.3 is 19.7 Å². The molecule has 3 aliphatic rings. The normalized spacial score (nSPS) is 26.5. The van der Waals surface area contributed by atoms with Crippen LogP contribution in [0.1, 0.15) is 42.0 Å². The first-order chi connectivity index (χ1) is 20.8. The number of carbonyl (C=O) groups excluding carboxylic acids is 3. The average Bonchev–Trinajstić information content (AvgIpc) is 3.71. The second-order valence-corrected chi connectivity index (χ2v) is 12.7. The van der Waals surface area contributed by atoms with Gasteiger partial charge in [0.1, 0.15) is 23.8 Å². The van der Waals surface area contributed by atoms with Crippen molar-refractivity contribution in [3.8, 4) is 0 Å². The van der Waals surface area contributed by atoms with Gasteiger partial charge in [-0.25, -0.2) is 9.78 Å². The van der Waals surface area contributed by atoms with Crippen molar-refractivity contribution in [3.63, 3.8) is 0 Å². The SMILES string of the molecule is CC1C[C@H](N(C)C(=O)OCc2ccccc2)C(=O)N2C[C@]3(C[C@H]2C(c2nc4ccccc4s2)O1)C(=O)Nc1ccccc13. The van der Waals surface area contributed by atoms with Crippen LogP contribution in [0.25, 0.3) is 10.2 Å². The zero-order valence-corrected chi connectivity index (χ0v) is 24.8. The first kappa shape index (κ1) is 27.5. The Morgan fingerprint density at radius 3 is 2.65 bits per heavy atom. The summed E-state index contributed by atoms with van der Waals surface area (Å²) in [5.74, 6) is -0.351. The Hall–Kier alpha value is -4.28. The summed E-state index contributed by atoms with van der Waals surface area (Å²) in [6.45, 7) is 2.20. The fourth-order valence-corrected chi connectivity index (χ4v) is 7.76. The van der Waals surface area contributed by atoms with Crippen molar-refractivity contribution < 1.29 is 23.9 Å². The van der Waals surface area contributed by atoms with Gasteiger partial charge in [0.25, 0.3) is 0 Å². The van der Waals surface area contributed by atoms with Crippen LogP contribution in [0.4, 0.5) is 10.5 Å². The smallest absolute Gasteiger partial charge is 0.410 e. The molecule has 1 N–H and O–H groups in total. The van der Waals surface area contributed by atoms with Gasteiger partial charge in [-0.3, -0.25) is 14.5 Å². The first-order valence-corrected chi connectivity index (χ1v) is 15.3. The number of hydrogen-bond acceptors (Lipinski definition) is 7. The van der Waals surface area contributed by atoms with Crippen LogP contribution in [0.5, 0.6) is 0 Å². The molecule has 7 rings (SSSR count). The minimum Gasteiger partial charge on any atom is -0.445 e. The molecule has 4 aromatic rings. The number of thiazole rings is 1. The molecule has 5 atom stereocenters. The first-order valence-electron chi connectivity index (χ1n) is 14.5. The molecule has 0 bridgehead atoms. The standard InChI is InChI=1S/C33H32N4O5S/c1-20-16-25(36(2)32(40)41-18-21-10-4-3-5-11-21)30(38)37-19-33(22-12-6-7-13-23(22)35-31(33)39)17-26(37)28(42-20)29-34-24-14-8-9-15-27(24)43-29/h3-15,20,25-26,28H,16-19H2,1-2H3,(H,35,39)/t20?,25-,26-,28?,33-/m0/s1. The summed E-state index contributed by atoms with van der Waals surface area (Å²) in [5, 5.41) is 3.81. The third-order valence-electron chi connectivity index (χ3n) is 8.89. The number of aromatic nitrogens is 1. The molecule has 1 spiro atoms. The predicted molar refractivity (Wildman–Crippen MR) is 163 cm³/mol. The van der Waals surface area contributed by atoms with Crippen LogP contribution in [-0.2, 0) is 31.1 Å². The Morgan fingerprint density at radius 2 is 1.84 bits per heavy atom. The summed E-state index contributed by atoms with van der Waals surface area (Å²) in [6.07, 6.45) is -0.849. The van der Waals surface area contributed by atoms with Crippen molar-refractivity contribution in [2.75, 3.05) is 18.9 Å². The molecule has 0 radical (unpaired) electrons. The fraction of sp³-hybridized carbons (Fsp3) is 0.333. The maximum absolute atomic E-state index is 14.5. The highest BCUT2D eigenvalue weighted by Gasteiger charge is 2.59. The number of carbonyl (C=O) groups is 3. The molecule has 0 saturated carbocycles. The lowest BCUT2D eigenvalue weighted by Crippen LogP contribution is -2.55. The molecular weight excluding hydrogens is 564 g/mol. The number of fused-ring (bicyclic) bond motifs is 4. The van der Waals surface area contributed by atoms with Gasteiger partial charge in [-0.2, -0.15) is 0 Å². The Kier molecular flexibility index (Phi) is 6.90. The Labute approximate surface area is 253 Å². The Morgan fingerprint density at radius 1 is 1.09 bits per heavy atom. The Balaban J connectivity index is 1.24. The molecule has 0 aliphatic carbocycles. The molecule has 3 aromatic carbocycles. The van der Waals surface area contributed by atoms with E-state index in [0.717, 1.165) is 32.0 Å². The lowest BCUT2D eigenvalue weighted by molar-refractivity contribution is -0.149. The number of rotatable bonds is 4. The molecule has 43 heavy (non-hydrogen) atoms. The number of nitrogens with zero attached hydrogens (tertiary/aromatic N) is 3. The van der Waals surface area contributed by atoms with Gasteiger partial charge in [-0.05, 0) is 42.7 Å². The molecule has 3 amide bonds. The van der Waals surface area contributed by atoms with E-state index in [1.807, 2.05) is 85.8 Å². The van der Waals surface area contributed by atoms with Gasteiger partial charge in [0.05, 0.1) is 27.8 Å². The zero-order chi connectivity index (χ0) is 29.7. The van der Waals surface area contributed by atoms with Gasteiger partial charge in [0, 0.05) is 25.7 Å². The van der Waals surface area contributed by atoms with Gasteiger partial charge in [0.2, 0.25) is 11.8 Å². The second-order valence-electron chi connectivity index (χ2n) is 11.6. The van der Waals surface area contributed by atoms with Crippen LogP contribution in [0.3, 0.4) is 0 Å².